The molecule has 0 aromatic carbocycles. The van der Waals surface area contributed by atoms with Gasteiger partial charge >= 0.3 is 7.60 Å². The molecule has 0 aromatic rings. The van der Waals surface area contributed by atoms with Crippen molar-refractivity contribution in [3.05, 3.63) is 12.2 Å². The van der Waals surface area contributed by atoms with E-state index in [1.165, 1.54) is 6.08 Å². The van der Waals surface area contributed by atoms with Gasteiger partial charge in [0.2, 0.25) is 0 Å². The zero-order valence-corrected chi connectivity index (χ0v) is 6.21. The molecule has 0 saturated carbocycles. The van der Waals surface area contributed by atoms with Gasteiger partial charge in [-0.1, -0.05) is 19.1 Å². The van der Waals surface area contributed by atoms with Crippen molar-refractivity contribution < 1.29 is 14.4 Å². The number of allylic oxidation sites excluding steroid dienone is 2. The Bertz CT molecular complexity index is 135. The fourth-order valence-electron chi connectivity index (χ4n) is 0.379. The van der Waals surface area contributed by atoms with Crippen molar-refractivity contribution in [1.29, 1.82) is 0 Å². The monoisotopic (exact) mass is 150 g/mol. The maximum atomic E-state index is 10.1. The van der Waals surface area contributed by atoms with Crippen LogP contribution in [0.25, 0.3) is 0 Å². The van der Waals surface area contributed by atoms with Gasteiger partial charge in [0.25, 0.3) is 0 Å². The van der Waals surface area contributed by atoms with E-state index in [1.54, 1.807) is 6.08 Å². The van der Waals surface area contributed by atoms with E-state index in [0.717, 1.165) is 6.42 Å². The quantitative estimate of drug-likeness (QED) is 0.468. The molecule has 0 amide bonds. The van der Waals surface area contributed by atoms with Crippen LogP contribution in [0, 0.1) is 0 Å². The van der Waals surface area contributed by atoms with Crippen LogP contribution in [0.5, 0.6) is 0 Å². The van der Waals surface area contributed by atoms with Crippen LogP contribution in [-0.2, 0) is 4.57 Å². The van der Waals surface area contributed by atoms with E-state index in [0.29, 0.717) is 0 Å². The third kappa shape index (κ3) is 7.89. The standard InChI is InChI=1S/C5H11O3P/c1-2-3-4-5-9(6,7)8/h3-4H,2,5H2,1H3,(H2,6,7,8). The third-order valence-corrected chi connectivity index (χ3v) is 1.43. The Morgan fingerprint density at radius 3 is 2.33 bits per heavy atom. The summed E-state index contributed by atoms with van der Waals surface area (Å²) in [5.74, 6) is 0. The van der Waals surface area contributed by atoms with Gasteiger partial charge < -0.3 is 9.79 Å². The van der Waals surface area contributed by atoms with Crippen molar-refractivity contribution in [3.63, 3.8) is 0 Å². The zero-order valence-electron chi connectivity index (χ0n) is 5.32. The highest BCUT2D eigenvalue weighted by molar-refractivity contribution is 7.51. The molecule has 0 aliphatic rings. The normalized spacial score (nSPS) is 12.8. The molecule has 0 spiro atoms. The second kappa shape index (κ2) is 3.83. The van der Waals surface area contributed by atoms with Crippen LogP contribution in [-0.4, -0.2) is 15.9 Å². The molecule has 0 rings (SSSR count). The smallest absolute Gasteiger partial charge is 0.324 e. The highest BCUT2D eigenvalue weighted by atomic mass is 31.2. The van der Waals surface area contributed by atoms with E-state index in [-0.39, 0.29) is 6.16 Å². The fourth-order valence-corrected chi connectivity index (χ4v) is 0.802. The Hall–Kier alpha value is -0.110. The van der Waals surface area contributed by atoms with Crippen molar-refractivity contribution in [1.82, 2.24) is 0 Å². The molecule has 0 aromatic heterocycles. The first-order valence-electron chi connectivity index (χ1n) is 2.76. The molecule has 2 N–H and O–H groups in total. The number of hydrogen-bond donors (Lipinski definition) is 2. The van der Waals surface area contributed by atoms with Gasteiger partial charge in [0.15, 0.2) is 0 Å². The molecule has 0 heterocycles. The minimum absolute atomic E-state index is 0.138. The summed E-state index contributed by atoms with van der Waals surface area (Å²) < 4.78 is 10.1. The predicted octanol–water partition coefficient (Wildman–Crippen LogP) is 1.13. The van der Waals surface area contributed by atoms with Crippen LogP contribution in [0.4, 0.5) is 0 Å². The van der Waals surface area contributed by atoms with E-state index in [4.69, 9.17) is 9.79 Å². The first kappa shape index (κ1) is 8.89. The van der Waals surface area contributed by atoms with Crippen molar-refractivity contribution in [3.8, 4) is 0 Å². The summed E-state index contributed by atoms with van der Waals surface area (Å²) in [6.45, 7) is 1.91. The van der Waals surface area contributed by atoms with E-state index >= 15 is 0 Å². The van der Waals surface area contributed by atoms with Crippen molar-refractivity contribution in [2.45, 2.75) is 13.3 Å². The summed E-state index contributed by atoms with van der Waals surface area (Å²) in [4.78, 5) is 16.6. The van der Waals surface area contributed by atoms with Gasteiger partial charge in [0, 0.05) is 0 Å². The second-order valence-corrected chi connectivity index (χ2v) is 3.42. The highest BCUT2D eigenvalue weighted by Gasteiger charge is 2.07. The molecule has 3 nitrogen and oxygen atoms in total. The average Bonchev–Trinajstić information content (AvgIpc) is 1.63. The Kier molecular flexibility index (Phi) is 3.78. The minimum atomic E-state index is -3.78. The summed E-state index contributed by atoms with van der Waals surface area (Å²) in [7, 11) is -3.78. The first-order chi connectivity index (χ1) is 4.06. The van der Waals surface area contributed by atoms with E-state index in [1.807, 2.05) is 6.92 Å². The van der Waals surface area contributed by atoms with Gasteiger partial charge in [0.1, 0.15) is 0 Å². The van der Waals surface area contributed by atoms with E-state index in [9.17, 15) is 4.57 Å². The average molecular weight is 150 g/mol. The molecule has 0 fully saturated rings. The van der Waals surface area contributed by atoms with Gasteiger partial charge in [-0.3, -0.25) is 4.57 Å². The van der Waals surface area contributed by atoms with Crippen LogP contribution >= 0.6 is 7.60 Å². The minimum Gasteiger partial charge on any atom is -0.324 e. The van der Waals surface area contributed by atoms with Gasteiger partial charge in [-0.25, -0.2) is 0 Å². The van der Waals surface area contributed by atoms with Crippen LogP contribution < -0.4 is 0 Å². The molecule has 0 unspecified atom stereocenters. The second-order valence-electron chi connectivity index (χ2n) is 1.73. The molecule has 4 heteroatoms. The molecule has 0 aliphatic heterocycles. The molecule has 0 atom stereocenters. The fraction of sp³-hybridized carbons (Fsp3) is 0.600. The van der Waals surface area contributed by atoms with E-state index < -0.39 is 7.60 Å². The zero-order chi connectivity index (χ0) is 7.33. The lowest BCUT2D eigenvalue weighted by Gasteiger charge is -1.95. The molecule has 54 valence electrons. The molecule has 0 aliphatic carbocycles. The molecular weight excluding hydrogens is 139 g/mol. The summed E-state index contributed by atoms with van der Waals surface area (Å²) in [6.07, 6.45) is 3.92. The number of hydrogen-bond acceptors (Lipinski definition) is 1. The lowest BCUT2D eigenvalue weighted by molar-refractivity contribution is 0.377. The lowest BCUT2D eigenvalue weighted by Crippen LogP contribution is -1.80. The van der Waals surface area contributed by atoms with Gasteiger partial charge in [-0.15, -0.1) is 0 Å². The molecular formula is C5H11O3P. The van der Waals surface area contributed by atoms with Gasteiger partial charge in [-0.2, -0.15) is 0 Å². The maximum Gasteiger partial charge on any atom is 0.329 e. The highest BCUT2D eigenvalue weighted by Crippen LogP contribution is 2.33. The van der Waals surface area contributed by atoms with Crippen molar-refractivity contribution in [2.75, 3.05) is 6.16 Å². The SMILES string of the molecule is CCC=CCP(=O)(O)O. The van der Waals surface area contributed by atoms with Gasteiger partial charge in [0.05, 0.1) is 6.16 Å². The Balaban J connectivity index is 3.51. The molecule has 0 radical (unpaired) electrons. The Labute approximate surface area is 54.6 Å². The van der Waals surface area contributed by atoms with Crippen LogP contribution in [0.1, 0.15) is 13.3 Å². The van der Waals surface area contributed by atoms with E-state index in [2.05, 4.69) is 0 Å². The van der Waals surface area contributed by atoms with Crippen LogP contribution in [0.3, 0.4) is 0 Å². The molecule has 0 saturated heterocycles. The van der Waals surface area contributed by atoms with Crippen molar-refractivity contribution in [2.24, 2.45) is 0 Å². The van der Waals surface area contributed by atoms with Crippen molar-refractivity contribution >= 4 is 7.60 Å². The molecule has 0 bridgehead atoms. The van der Waals surface area contributed by atoms with Crippen LogP contribution in [0.15, 0.2) is 12.2 Å². The Morgan fingerprint density at radius 2 is 2.00 bits per heavy atom. The van der Waals surface area contributed by atoms with Crippen LogP contribution in [0.2, 0.25) is 0 Å². The largest absolute Gasteiger partial charge is 0.329 e. The van der Waals surface area contributed by atoms with Gasteiger partial charge in [-0.05, 0) is 6.42 Å². The predicted molar refractivity (Wildman–Crippen MR) is 36.3 cm³/mol. The summed E-state index contributed by atoms with van der Waals surface area (Å²) in [5, 5.41) is 0. The maximum absolute atomic E-state index is 10.1. The third-order valence-electron chi connectivity index (χ3n) is 0.746. The first-order valence-corrected chi connectivity index (χ1v) is 4.55. The topological polar surface area (TPSA) is 57.5 Å². The molecule has 9 heavy (non-hydrogen) atoms. The lowest BCUT2D eigenvalue weighted by atomic mass is 10.4. The summed E-state index contributed by atoms with van der Waals surface area (Å²) in [6, 6.07) is 0. The summed E-state index contributed by atoms with van der Waals surface area (Å²) in [5.41, 5.74) is 0. The number of rotatable bonds is 3. The summed E-state index contributed by atoms with van der Waals surface area (Å²) >= 11 is 0. The Morgan fingerprint density at radius 1 is 1.44 bits per heavy atom.